The number of rotatable bonds is 7. The lowest BCUT2D eigenvalue weighted by Gasteiger charge is -2.23. The quantitative estimate of drug-likeness (QED) is 0.740. The summed E-state index contributed by atoms with van der Waals surface area (Å²) in [5.41, 5.74) is 0.438. The van der Waals surface area contributed by atoms with Crippen molar-refractivity contribution in [3.05, 3.63) is 60.2 Å². The van der Waals surface area contributed by atoms with Crippen LogP contribution in [0.1, 0.15) is 18.5 Å². The summed E-state index contributed by atoms with van der Waals surface area (Å²) < 4.78 is 67.7. The lowest BCUT2D eigenvalue weighted by atomic mass is 9.96. The topological polar surface area (TPSA) is 92.7 Å². The van der Waals surface area contributed by atoms with Gasteiger partial charge in [-0.05, 0) is 29.8 Å². The maximum atomic E-state index is 12.6. The van der Waals surface area contributed by atoms with Crippen LogP contribution in [0.4, 0.5) is 13.2 Å². The minimum absolute atomic E-state index is 0.324. The van der Waals surface area contributed by atoms with Crippen molar-refractivity contribution >= 4 is 16.0 Å². The number of hydrogen-bond acceptors (Lipinski definition) is 4. The minimum Gasteiger partial charge on any atom is -0.481 e. The fraction of sp³-hybridized carbons (Fsp3) is 0.235. The Labute approximate surface area is 153 Å². The number of carbonyl (C=O) groups is 1. The SMILES string of the molecule is C[C@@H](C(=O)O)[C@@H](NS(=O)(=O)c1ccc(OC(F)(F)F)cc1)c1ccccc1. The van der Waals surface area contributed by atoms with E-state index in [9.17, 15) is 31.5 Å². The van der Waals surface area contributed by atoms with Crippen LogP contribution in [0.25, 0.3) is 0 Å². The molecule has 0 unspecified atom stereocenters. The van der Waals surface area contributed by atoms with Gasteiger partial charge in [0, 0.05) is 0 Å². The van der Waals surface area contributed by atoms with E-state index in [2.05, 4.69) is 9.46 Å². The van der Waals surface area contributed by atoms with Gasteiger partial charge in [0.05, 0.1) is 16.9 Å². The highest BCUT2D eigenvalue weighted by Gasteiger charge is 2.32. The number of carboxylic acids is 1. The number of alkyl halides is 3. The van der Waals surface area contributed by atoms with E-state index in [1.54, 1.807) is 30.3 Å². The van der Waals surface area contributed by atoms with Gasteiger partial charge >= 0.3 is 12.3 Å². The Morgan fingerprint density at radius 2 is 1.63 bits per heavy atom. The van der Waals surface area contributed by atoms with E-state index in [0.29, 0.717) is 5.56 Å². The molecule has 0 aliphatic rings. The van der Waals surface area contributed by atoms with Gasteiger partial charge in [0.1, 0.15) is 5.75 Å². The van der Waals surface area contributed by atoms with Crippen molar-refractivity contribution in [1.29, 1.82) is 0 Å². The van der Waals surface area contributed by atoms with E-state index in [1.807, 2.05) is 0 Å². The Hall–Kier alpha value is -2.59. The van der Waals surface area contributed by atoms with Gasteiger partial charge in [-0.25, -0.2) is 13.1 Å². The van der Waals surface area contributed by atoms with Crippen molar-refractivity contribution < 1.29 is 36.2 Å². The predicted octanol–water partition coefficient (Wildman–Crippen LogP) is 3.33. The Kier molecular flexibility index (Phi) is 6.11. The summed E-state index contributed by atoms with van der Waals surface area (Å²) in [5.74, 6) is -2.87. The van der Waals surface area contributed by atoms with Gasteiger partial charge in [0.25, 0.3) is 0 Å². The Morgan fingerprint density at radius 3 is 2.11 bits per heavy atom. The third-order valence-corrected chi connectivity index (χ3v) is 5.15. The first-order valence-electron chi connectivity index (χ1n) is 7.65. The second kappa shape index (κ2) is 7.97. The summed E-state index contributed by atoms with van der Waals surface area (Å²) in [6.45, 7) is 1.35. The predicted molar refractivity (Wildman–Crippen MR) is 89.4 cm³/mol. The molecule has 146 valence electrons. The standard InChI is InChI=1S/C17H16F3NO5S/c1-11(16(22)23)15(12-5-3-2-4-6-12)21-27(24,25)14-9-7-13(8-10-14)26-17(18,19)20/h2-11,15,21H,1H3,(H,22,23)/t11-,15-/m1/s1. The van der Waals surface area contributed by atoms with Gasteiger partial charge in [0.15, 0.2) is 0 Å². The van der Waals surface area contributed by atoms with Crippen LogP contribution in [0.3, 0.4) is 0 Å². The maximum Gasteiger partial charge on any atom is 0.573 e. The molecule has 2 aromatic rings. The summed E-state index contributed by atoms with van der Waals surface area (Å²) in [5, 5.41) is 9.27. The van der Waals surface area contributed by atoms with Gasteiger partial charge in [-0.1, -0.05) is 37.3 Å². The number of halogens is 3. The number of ether oxygens (including phenoxy) is 1. The van der Waals surface area contributed by atoms with Crippen molar-refractivity contribution in [3.63, 3.8) is 0 Å². The fourth-order valence-corrected chi connectivity index (χ4v) is 3.62. The van der Waals surface area contributed by atoms with Crippen LogP contribution < -0.4 is 9.46 Å². The Morgan fingerprint density at radius 1 is 1.07 bits per heavy atom. The number of nitrogens with one attached hydrogen (secondary N) is 1. The summed E-state index contributed by atoms with van der Waals surface area (Å²) in [7, 11) is -4.20. The molecule has 0 amide bonds. The molecule has 0 saturated heterocycles. The largest absolute Gasteiger partial charge is 0.573 e. The molecule has 2 atom stereocenters. The van der Waals surface area contributed by atoms with Crippen LogP contribution in [0.15, 0.2) is 59.5 Å². The van der Waals surface area contributed by atoms with Crippen LogP contribution >= 0.6 is 0 Å². The van der Waals surface area contributed by atoms with E-state index in [0.717, 1.165) is 24.3 Å². The molecule has 0 radical (unpaired) electrons. The first-order chi connectivity index (χ1) is 12.5. The van der Waals surface area contributed by atoms with Crippen molar-refractivity contribution in [1.82, 2.24) is 4.72 Å². The highest BCUT2D eigenvalue weighted by atomic mass is 32.2. The van der Waals surface area contributed by atoms with E-state index >= 15 is 0 Å². The summed E-state index contributed by atoms with van der Waals surface area (Å²) >= 11 is 0. The zero-order valence-corrected chi connectivity index (χ0v) is 14.8. The first-order valence-corrected chi connectivity index (χ1v) is 9.14. The van der Waals surface area contributed by atoms with Crippen molar-refractivity contribution in [2.45, 2.75) is 24.2 Å². The van der Waals surface area contributed by atoms with Crippen LogP contribution in [0.2, 0.25) is 0 Å². The number of aliphatic carboxylic acids is 1. The smallest absolute Gasteiger partial charge is 0.481 e. The second-order valence-electron chi connectivity index (χ2n) is 5.66. The zero-order chi connectivity index (χ0) is 20.2. The third kappa shape index (κ3) is 5.69. The molecule has 2 rings (SSSR count). The maximum absolute atomic E-state index is 12.6. The zero-order valence-electron chi connectivity index (χ0n) is 14.0. The number of sulfonamides is 1. The molecule has 0 spiro atoms. The molecule has 0 fully saturated rings. The first kappa shape index (κ1) is 20.7. The van der Waals surface area contributed by atoms with Crippen molar-refractivity contribution in [2.75, 3.05) is 0 Å². The highest BCUT2D eigenvalue weighted by molar-refractivity contribution is 7.89. The average molecular weight is 403 g/mol. The number of carboxylic acid groups (broad SMARTS) is 1. The summed E-state index contributed by atoms with van der Waals surface area (Å²) in [4.78, 5) is 11.0. The molecule has 0 heterocycles. The van der Waals surface area contributed by atoms with Gasteiger partial charge in [0.2, 0.25) is 10.0 Å². The number of benzene rings is 2. The molecule has 0 aromatic heterocycles. The van der Waals surface area contributed by atoms with Gasteiger partial charge < -0.3 is 9.84 Å². The van der Waals surface area contributed by atoms with Crippen molar-refractivity contribution in [2.24, 2.45) is 5.92 Å². The van der Waals surface area contributed by atoms with E-state index in [1.165, 1.54) is 6.92 Å². The van der Waals surface area contributed by atoms with Crippen LogP contribution in [0.5, 0.6) is 5.75 Å². The van der Waals surface area contributed by atoms with Gasteiger partial charge in [-0.3, -0.25) is 4.79 Å². The molecule has 6 nitrogen and oxygen atoms in total. The Balaban J connectivity index is 2.29. The third-order valence-electron chi connectivity index (χ3n) is 3.70. The van der Waals surface area contributed by atoms with E-state index < -0.39 is 40.1 Å². The monoisotopic (exact) mass is 403 g/mol. The molecular weight excluding hydrogens is 387 g/mol. The Bertz CT molecular complexity index is 883. The molecular formula is C17H16F3NO5S. The molecule has 0 saturated carbocycles. The molecule has 2 N–H and O–H groups in total. The average Bonchev–Trinajstić information content (AvgIpc) is 2.59. The summed E-state index contributed by atoms with van der Waals surface area (Å²) in [6, 6.07) is 10.6. The van der Waals surface area contributed by atoms with Crippen LogP contribution in [-0.2, 0) is 14.8 Å². The van der Waals surface area contributed by atoms with Crippen LogP contribution in [0, 0.1) is 5.92 Å². The minimum atomic E-state index is -4.89. The lowest BCUT2D eigenvalue weighted by Crippen LogP contribution is -2.35. The molecule has 0 bridgehead atoms. The molecule has 27 heavy (non-hydrogen) atoms. The lowest BCUT2D eigenvalue weighted by molar-refractivity contribution is -0.274. The molecule has 0 aliphatic heterocycles. The normalized spacial score (nSPS) is 14.4. The molecule has 0 aliphatic carbocycles. The van der Waals surface area contributed by atoms with Crippen LogP contribution in [-0.4, -0.2) is 25.9 Å². The van der Waals surface area contributed by atoms with E-state index in [-0.39, 0.29) is 4.90 Å². The summed E-state index contributed by atoms with van der Waals surface area (Å²) in [6.07, 6.45) is -4.89. The van der Waals surface area contributed by atoms with Gasteiger partial charge in [-0.2, -0.15) is 0 Å². The van der Waals surface area contributed by atoms with E-state index in [4.69, 9.17) is 0 Å². The highest BCUT2D eigenvalue weighted by Crippen LogP contribution is 2.27. The van der Waals surface area contributed by atoms with Crippen molar-refractivity contribution in [3.8, 4) is 5.75 Å². The number of hydrogen-bond donors (Lipinski definition) is 2. The molecule has 10 heteroatoms. The van der Waals surface area contributed by atoms with Gasteiger partial charge in [-0.15, -0.1) is 13.2 Å². The molecule has 2 aromatic carbocycles. The fourth-order valence-electron chi connectivity index (χ4n) is 2.32. The second-order valence-corrected chi connectivity index (χ2v) is 7.37.